The van der Waals surface area contributed by atoms with Gasteiger partial charge in [0.05, 0.1) is 0 Å². The van der Waals surface area contributed by atoms with Gasteiger partial charge >= 0.3 is 0 Å². The largest absolute Gasteiger partial charge is 0.293 e. The summed E-state index contributed by atoms with van der Waals surface area (Å²) in [5.74, 6) is 0. The van der Waals surface area contributed by atoms with Gasteiger partial charge in [-0.25, -0.2) is 0 Å². The Bertz CT molecular complexity index is 46.1. The molecule has 3 heteroatoms. The highest BCUT2D eigenvalue weighted by molar-refractivity contribution is 4.57. The van der Waals surface area contributed by atoms with Crippen molar-refractivity contribution in [3.63, 3.8) is 0 Å². The van der Waals surface area contributed by atoms with Crippen molar-refractivity contribution in [1.29, 1.82) is 0 Å². The molecule has 0 saturated carbocycles. The topological polar surface area (TPSA) is 15.3 Å². The Balaban J connectivity index is 2.96. The molecule has 0 amide bonds. The molecule has 0 aromatic rings. The lowest BCUT2D eigenvalue weighted by Gasteiger charge is -2.03. The summed E-state index contributed by atoms with van der Waals surface area (Å²) < 4.78 is 11.0. The van der Waals surface area contributed by atoms with E-state index in [0.717, 1.165) is 5.01 Å². The maximum absolute atomic E-state index is 11.0. The Morgan fingerprint density at radius 3 is 2.50 bits per heavy atom. The predicted molar refractivity (Wildman–Crippen MR) is 22.2 cm³/mol. The molecule has 0 aliphatic rings. The molecule has 0 unspecified atom stereocenters. The molecule has 0 aromatic heterocycles. The van der Waals surface area contributed by atoms with Crippen molar-refractivity contribution in [2.24, 2.45) is 0 Å². The maximum Gasteiger partial charge on any atom is 0.0250 e. The van der Waals surface area contributed by atoms with Crippen molar-refractivity contribution in [2.45, 2.75) is 0 Å². The molecule has 0 bridgehead atoms. The Hall–Kier alpha value is -0.570. The van der Waals surface area contributed by atoms with Crippen molar-refractivity contribution < 1.29 is 4.48 Å². The minimum Gasteiger partial charge on any atom is -0.293 e. The van der Waals surface area contributed by atoms with Crippen LogP contribution in [0.3, 0.4) is 0 Å². The highest BCUT2D eigenvalue weighted by atomic mass is 19.2. The second-order valence-electron chi connectivity index (χ2n) is 0.878. The fourth-order valence-corrected chi connectivity index (χ4v) is 0.0345. The quantitative estimate of drug-likeness (QED) is 0.391. The summed E-state index contributed by atoms with van der Waals surface area (Å²) in [6.45, 7) is 3.25. The normalized spacial score (nSPS) is 7.67. The first-order valence-corrected chi connectivity index (χ1v) is 1.53. The van der Waals surface area contributed by atoms with Gasteiger partial charge in [0.25, 0.3) is 0 Å². The minimum absolute atomic E-state index is 1.10. The molecule has 0 atom stereocenters. The van der Waals surface area contributed by atoms with E-state index < -0.39 is 0 Å². The number of nitrogens with zero attached hydrogens (tertiary/aromatic N) is 1. The van der Waals surface area contributed by atoms with Crippen molar-refractivity contribution in [3.8, 4) is 0 Å². The van der Waals surface area contributed by atoms with Gasteiger partial charge in [-0.05, 0) is 0 Å². The number of hydrogen-bond acceptors (Lipinski definition) is 2. The smallest absolute Gasteiger partial charge is 0.0250 e. The first-order valence-electron chi connectivity index (χ1n) is 1.53. The number of nitrogens with one attached hydrogen (secondary N) is 1. The monoisotopic (exact) mass is 90.1 g/mol. The summed E-state index contributed by atoms with van der Waals surface area (Å²) in [5.41, 5.74) is 1.33. The standard InChI is InChI=1S/C3H7FN2/c1-3-6(2)5-4/h3,5H,1H2,2H3. The zero-order chi connectivity index (χ0) is 4.99. The zero-order valence-corrected chi connectivity index (χ0v) is 3.61. The van der Waals surface area contributed by atoms with Crippen LogP contribution >= 0.6 is 0 Å². The average Bonchev–Trinajstić information content (AvgIpc) is 1.65. The van der Waals surface area contributed by atoms with E-state index in [1.54, 1.807) is 0 Å². The number of rotatable bonds is 2. The van der Waals surface area contributed by atoms with E-state index in [1.807, 2.05) is 0 Å². The number of hydrazine groups is 1. The lowest BCUT2D eigenvalue weighted by atomic mass is 11.0. The predicted octanol–water partition coefficient (Wildman–Crippen LogP) is 0.451. The summed E-state index contributed by atoms with van der Waals surface area (Å²) in [6, 6.07) is 0. The highest BCUT2D eigenvalue weighted by Crippen LogP contribution is 1.68. The van der Waals surface area contributed by atoms with Gasteiger partial charge in [-0.3, -0.25) is 5.01 Å². The SMILES string of the molecule is C=CN(C)NF. The molecule has 0 aromatic carbocycles. The molecule has 36 valence electrons. The third-order valence-electron chi connectivity index (χ3n) is 0.407. The molecule has 6 heavy (non-hydrogen) atoms. The molecule has 0 aliphatic carbocycles. The van der Waals surface area contributed by atoms with Crippen LogP contribution in [0, 0.1) is 0 Å². The van der Waals surface area contributed by atoms with Crippen LogP contribution in [-0.2, 0) is 0 Å². The first-order chi connectivity index (χ1) is 2.81. The molecule has 0 aliphatic heterocycles. The van der Waals surface area contributed by atoms with Gasteiger partial charge in [0.1, 0.15) is 0 Å². The lowest BCUT2D eigenvalue weighted by molar-refractivity contribution is 0.143. The second kappa shape index (κ2) is 2.66. The van der Waals surface area contributed by atoms with E-state index in [1.165, 1.54) is 18.9 Å². The number of hydrogen-bond donors (Lipinski definition) is 1. The number of halogens is 1. The molecule has 0 rings (SSSR count). The van der Waals surface area contributed by atoms with Crippen LogP contribution in [0.2, 0.25) is 0 Å². The van der Waals surface area contributed by atoms with Gasteiger partial charge < -0.3 is 0 Å². The van der Waals surface area contributed by atoms with Crippen molar-refractivity contribution in [1.82, 2.24) is 10.7 Å². The molecule has 2 nitrogen and oxygen atoms in total. The van der Waals surface area contributed by atoms with Crippen LogP contribution in [0.15, 0.2) is 12.8 Å². The van der Waals surface area contributed by atoms with E-state index >= 15 is 0 Å². The molecule has 0 spiro atoms. The summed E-state index contributed by atoms with van der Waals surface area (Å²) in [7, 11) is 1.51. The summed E-state index contributed by atoms with van der Waals surface area (Å²) >= 11 is 0. The minimum atomic E-state index is 1.10. The molecule has 0 saturated heterocycles. The molecule has 1 N–H and O–H groups in total. The van der Waals surface area contributed by atoms with E-state index in [4.69, 9.17) is 0 Å². The Kier molecular flexibility index (Phi) is 2.40. The molecule has 0 heterocycles. The highest BCUT2D eigenvalue weighted by Gasteiger charge is 1.75. The van der Waals surface area contributed by atoms with Crippen LogP contribution in [0.1, 0.15) is 0 Å². The molecule has 0 fully saturated rings. The van der Waals surface area contributed by atoms with Crippen LogP contribution < -0.4 is 5.65 Å². The molecular weight excluding hydrogens is 83.0 g/mol. The van der Waals surface area contributed by atoms with E-state index in [0.29, 0.717) is 0 Å². The van der Waals surface area contributed by atoms with Crippen molar-refractivity contribution >= 4 is 0 Å². The van der Waals surface area contributed by atoms with Gasteiger partial charge in [-0.15, -0.1) is 4.48 Å². The van der Waals surface area contributed by atoms with Crippen molar-refractivity contribution in [2.75, 3.05) is 7.05 Å². The van der Waals surface area contributed by atoms with E-state index in [2.05, 4.69) is 6.58 Å². The fraction of sp³-hybridized carbons (Fsp3) is 0.333. The van der Waals surface area contributed by atoms with Gasteiger partial charge in [0.15, 0.2) is 0 Å². The van der Waals surface area contributed by atoms with Crippen molar-refractivity contribution in [3.05, 3.63) is 12.8 Å². The fourth-order valence-electron chi connectivity index (χ4n) is 0.0345. The van der Waals surface area contributed by atoms with Crippen LogP contribution in [-0.4, -0.2) is 12.1 Å². The van der Waals surface area contributed by atoms with E-state index in [9.17, 15) is 4.48 Å². The molecular formula is C3H7FN2. The summed E-state index contributed by atoms with van der Waals surface area (Å²) in [6.07, 6.45) is 1.32. The Morgan fingerprint density at radius 1 is 2.00 bits per heavy atom. The first kappa shape index (κ1) is 5.43. The van der Waals surface area contributed by atoms with Gasteiger partial charge in [-0.2, -0.15) is 0 Å². The average molecular weight is 90.1 g/mol. The van der Waals surface area contributed by atoms with Crippen LogP contribution in [0.5, 0.6) is 0 Å². The van der Waals surface area contributed by atoms with Crippen LogP contribution in [0.4, 0.5) is 4.48 Å². The third-order valence-corrected chi connectivity index (χ3v) is 0.407. The Labute approximate surface area is 36.2 Å². The van der Waals surface area contributed by atoms with Gasteiger partial charge in [0.2, 0.25) is 0 Å². The maximum atomic E-state index is 11.0. The van der Waals surface area contributed by atoms with E-state index in [-0.39, 0.29) is 0 Å². The van der Waals surface area contributed by atoms with Gasteiger partial charge in [-0.1, -0.05) is 12.2 Å². The summed E-state index contributed by atoms with van der Waals surface area (Å²) in [4.78, 5) is 0. The van der Waals surface area contributed by atoms with Gasteiger partial charge in [0, 0.05) is 13.2 Å². The zero-order valence-electron chi connectivity index (χ0n) is 3.61. The third kappa shape index (κ3) is 1.72. The second-order valence-corrected chi connectivity index (χ2v) is 0.878. The summed E-state index contributed by atoms with van der Waals surface area (Å²) in [5, 5.41) is 1.10. The van der Waals surface area contributed by atoms with Crippen LogP contribution in [0.25, 0.3) is 0 Å². The Morgan fingerprint density at radius 2 is 2.50 bits per heavy atom. The molecule has 0 radical (unpaired) electrons. The lowest BCUT2D eigenvalue weighted by Crippen LogP contribution is -2.19.